The van der Waals surface area contributed by atoms with Crippen molar-refractivity contribution in [2.45, 2.75) is 26.8 Å². The van der Waals surface area contributed by atoms with E-state index in [0.717, 1.165) is 39.2 Å². The lowest BCUT2D eigenvalue weighted by atomic mass is 10.0. The van der Waals surface area contributed by atoms with Gasteiger partial charge in [0.15, 0.2) is 0 Å². The third-order valence-electron chi connectivity index (χ3n) is 3.94. The molecule has 1 unspecified atom stereocenters. The third-order valence-corrected chi connectivity index (χ3v) is 3.94. The van der Waals surface area contributed by atoms with Crippen molar-refractivity contribution in [2.75, 3.05) is 0 Å². The van der Waals surface area contributed by atoms with Crippen LogP contribution in [0.15, 0.2) is 28.7 Å². The Hall–Kier alpha value is -2.07. The summed E-state index contributed by atoms with van der Waals surface area (Å²) in [6, 6.07) is 7.87. The van der Waals surface area contributed by atoms with Crippen molar-refractivity contribution in [1.82, 2.24) is 9.78 Å². The molecule has 0 aliphatic rings. The molecule has 0 saturated carbocycles. The number of hydrogen-bond donors (Lipinski definition) is 1. The fraction of sp³-hybridized carbons (Fsp3) is 0.312. The molecule has 0 amide bonds. The summed E-state index contributed by atoms with van der Waals surface area (Å²) in [6.07, 6.45) is 0. The van der Waals surface area contributed by atoms with Gasteiger partial charge in [-0.05, 0) is 32.4 Å². The minimum Gasteiger partial charge on any atom is -0.459 e. The molecule has 0 spiro atoms. The number of hydrogen-bond acceptors (Lipinski definition) is 3. The van der Waals surface area contributed by atoms with Gasteiger partial charge in [-0.3, -0.25) is 4.68 Å². The Kier molecular flexibility index (Phi) is 2.91. The zero-order valence-electron chi connectivity index (χ0n) is 12.3. The van der Waals surface area contributed by atoms with Crippen LogP contribution in [0.25, 0.3) is 11.0 Å². The van der Waals surface area contributed by atoms with Gasteiger partial charge in [0, 0.05) is 23.7 Å². The Bertz CT molecular complexity index is 782. The molecule has 2 heterocycles. The van der Waals surface area contributed by atoms with Crippen molar-refractivity contribution >= 4 is 11.0 Å². The van der Waals surface area contributed by atoms with Gasteiger partial charge in [-0.2, -0.15) is 5.10 Å². The fourth-order valence-corrected chi connectivity index (χ4v) is 2.76. The maximum atomic E-state index is 6.40. The highest BCUT2D eigenvalue weighted by molar-refractivity contribution is 5.81. The fourth-order valence-electron chi connectivity index (χ4n) is 2.76. The van der Waals surface area contributed by atoms with Crippen LogP contribution in [-0.2, 0) is 7.05 Å². The summed E-state index contributed by atoms with van der Waals surface area (Å²) in [6.45, 7) is 6.06. The number of fused-ring (bicyclic) bond motifs is 1. The maximum absolute atomic E-state index is 6.40. The van der Waals surface area contributed by atoms with Crippen LogP contribution in [-0.4, -0.2) is 9.78 Å². The molecular formula is C16H19N3O. The first-order valence-electron chi connectivity index (χ1n) is 6.73. The number of aryl methyl sites for hydroxylation is 3. The molecule has 1 atom stereocenters. The molecule has 3 aromatic rings. The summed E-state index contributed by atoms with van der Waals surface area (Å²) in [5, 5.41) is 5.52. The van der Waals surface area contributed by atoms with Gasteiger partial charge < -0.3 is 10.2 Å². The summed E-state index contributed by atoms with van der Waals surface area (Å²) in [5.74, 6) is 0.786. The summed E-state index contributed by atoms with van der Waals surface area (Å²) >= 11 is 0. The molecule has 0 aliphatic heterocycles. The van der Waals surface area contributed by atoms with E-state index in [0.29, 0.717) is 0 Å². The summed E-state index contributed by atoms with van der Waals surface area (Å²) < 4.78 is 7.83. The lowest BCUT2D eigenvalue weighted by Crippen LogP contribution is -2.13. The highest BCUT2D eigenvalue weighted by atomic mass is 16.3. The summed E-state index contributed by atoms with van der Waals surface area (Å²) in [7, 11) is 1.93. The number of nitrogens with zero attached hydrogens (tertiary/aromatic N) is 2. The molecule has 0 fully saturated rings. The standard InChI is InChI=1S/C16H19N3O/c1-9-6-5-7-12-8-13(20-16(9)12)15(17)14-10(2)18-19(4)11(14)3/h5-8,15H,17H2,1-4H3. The molecule has 0 radical (unpaired) electrons. The smallest absolute Gasteiger partial charge is 0.137 e. The van der Waals surface area contributed by atoms with E-state index in [-0.39, 0.29) is 6.04 Å². The molecule has 2 N–H and O–H groups in total. The van der Waals surface area contributed by atoms with Crippen molar-refractivity contribution in [3.8, 4) is 0 Å². The zero-order chi connectivity index (χ0) is 14.4. The number of nitrogens with two attached hydrogens (primary N) is 1. The van der Waals surface area contributed by atoms with Crippen LogP contribution >= 0.6 is 0 Å². The van der Waals surface area contributed by atoms with Gasteiger partial charge in [-0.15, -0.1) is 0 Å². The number of para-hydroxylation sites is 1. The number of benzene rings is 1. The van der Waals surface area contributed by atoms with Gasteiger partial charge in [0.2, 0.25) is 0 Å². The first-order chi connectivity index (χ1) is 9.49. The van der Waals surface area contributed by atoms with Crippen LogP contribution in [0.1, 0.15) is 34.3 Å². The van der Waals surface area contributed by atoms with Crippen LogP contribution in [0.3, 0.4) is 0 Å². The molecule has 2 aromatic heterocycles. The van der Waals surface area contributed by atoms with Crippen molar-refractivity contribution in [3.05, 3.63) is 52.5 Å². The molecule has 20 heavy (non-hydrogen) atoms. The number of aromatic nitrogens is 2. The maximum Gasteiger partial charge on any atom is 0.137 e. The van der Waals surface area contributed by atoms with Gasteiger partial charge in [-0.1, -0.05) is 18.2 Å². The molecule has 1 aromatic carbocycles. The van der Waals surface area contributed by atoms with Gasteiger partial charge in [0.05, 0.1) is 11.7 Å². The first kappa shape index (κ1) is 12.9. The largest absolute Gasteiger partial charge is 0.459 e. The van der Waals surface area contributed by atoms with E-state index in [1.165, 1.54) is 0 Å². The Morgan fingerprint density at radius 1 is 1.25 bits per heavy atom. The minimum atomic E-state index is -0.282. The average molecular weight is 269 g/mol. The van der Waals surface area contributed by atoms with E-state index in [4.69, 9.17) is 10.2 Å². The highest BCUT2D eigenvalue weighted by Crippen LogP contribution is 2.30. The Morgan fingerprint density at radius 2 is 2.00 bits per heavy atom. The van der Waals surface area contributed by atoms with Crippen molar-refractivity contribution in [2.24, 2.45) is 12.8 Å². The lowest BCUT2D eigenvalue weighted by molar-refractivity contribution is 0.521. The second-order valence-electron chi connectivity index (χ2n) is 5.33. The molecule has 0 aliphatic carbocycles. The zero-order valence-corrected chi connectivity index (χ0v) is 12.3. The minimum absolute atomic E-state index is 0.282. The van der Waals surface area contributed by atoms with Gasteiger partial charge in [0.1, 0.15) is 11.3 Å². The van der Waals surface area contributed by atoms with Gasteiger partial charge in [-0.25, -0.2) is 0 Å². The van der Waals surface area contributed by atoms with Gasteiger partial charge in [0.25, 0.3) is 0 Å². The van der Waals surface area contributed by atoms with E-state index < -0.39 is 0 Å². The van der Waals surface area contributed by atoms with Crippen molar-refractivity contribution < 1.29 is 4.42 Å². The second-order valence-corrected chi connectivity index (χ2v) is 5.33. The monoisotopic (exact) mass is 269 g/mol. The predicted octanol–water partition coefficient (Wildman–Crippen LogP) is 3.14. The van der Waals surface area contributed by atoms with E-state index in [9.17, 15) is 0 Å². The molecule has 0 saturated heterocycles. The molecule has 4 nitrogen and oxygen atoms in total. The Labute approximate surface area is 118 Å². The van der Waals surface area contributed by atoms with Crippen molar-refractivity contribution in [3.63, 3.8) is 0 Å². The van der Waals surface area contributed by atoms with Crippen LogP contribution in [0.4, 0.5) is 0 Å². The first-order valence-corrected chi connectivity index (χ1v) is 6.73. The number of furan rings is 1. The quantitative estimate of drug-likeness (QED) is 0.777. The molecular weight excluding hydrogens is 250 g/mol. The Morgan fingerprint density at radius 3 is 2.60 bits per heavy atom. The average Bonchev–Trinajstić information content (AvgIpc) is 2.93. The molecule has 0 bridgehead atoms. The summed E-state index contributed by atoms with van der Waals surface area (Å²) in [4.78, 5) is 0. The van der Waals surface area contributed by atoms with E-state index in [2.05, 4.69) is 5.10 Å². The lowest BCUT2D eigenvalue weighted by Gasteiger charge is -2.09. The molecule has 104 valence electrons. The van der Waals surface area contributed by atoms with E-state index in [1.807, 2.05) is 56.8 Å². The SMILES string of the molecule is Cc1nn(C)c(C)c1C(N)c1cc2cccc(C)c2o1. The van der Waals surface area contributed by atoms with Crippen LogP contribution in [0.5, 0.6) is 0 Å². The topological polar surface area (TPSA) is 57.0 Å². The van der Waals surface area contributed by atoms with Gasteiger partial charge >= 0.3 is 0 Å². The highest BCUT2D eigenvalue weighted by Gasteiger charge is 2.21. The Balaban J connectivity index is 2.13. The number of rotatable bonds is 2. The predicted molar refractivity (Wildman–Crippen MR) is 79.7 cm³/mol. The molecule has 4 heteroatoms. The summed E-state index contributed by atoms with van der Waals surface area (Å²) in [5.41, 5.74) is 11.5. The molecule has 3 rings (SSSR count). The van der Waals surface area contributed by atoms with E-state index in [1.54, 1.807) is 0 Å². The second kappa shape index (κ2) is 4.49. The van der Waals surface area contributed by atoms with Crippen LogP contribution in [0.2, 0.25) is 0 Å². The van der Waals surface area contributed by atoms with Crippen molar-refractivity contribution in [1.29, 1.82) is 0 Å². The third kappa shape index (κ3) is 1.84. The van der Waals surface area contributed by atoms with Crippen LogP contribution in [0, 0.1) is 20.8 Å². The normalized spacial score (nSPS) is 13.1. The van der Waals surface area contributed by atoms with Crippen LogP contribution < -0.4 is 5.73 Å². The van der Waals surface area contributed by atoms with E-state index >= 15 is 0 Å².